The van der Waals surface area contributed by atoms with Crippen molar-refractivity contribution in [1.29, 1.82) is 0 Å². The fraction of sp³-hybridized carbons (Fsp3) is 0.350. The van der Waals surface area contributed by atoms with Crippen molar-refractivity contribution < 1.29 is 9.53 Å². The van der Waals surface area contributed by atoms with Gasteiger partial charge in [0.2, 0.25) is 5.91 Å². The molecule has 0 bridgehead atoms. The summed E-state index contributed by atoms with van der Waals surface area (Å²) in [5, 5.41) is 2.97. The molecule has 0 saturated heterocycles. The molecule has 0 aliphatic heterocycles. The third-order valence-corrected chi connectivity index (χ3v) is 3.90. The second-order valence-corrected chi connectivity index (χ2v) is 5.98. The van der Waals surface area contributed by atoms with Gasteiger partial charge in [-0.3, -0.25) is 4.79 Å². The lowest BCUT2D eigenvalue weighted by Crippen LogP contribution is -2.28. The molecule has 3 heteroatoms. The molecule has 0 aliphatic carbocycles. The fourth-order valence-corrected chi connectivity index (χ4v) is 2.37. The zero-order valence-corrected chi connectivity index (χ0v) is 14.1. The van der Waals surface area contributed by atoms with Gasteiger partial charge in [-0.15, -0.1) is 0 Å². The van der Waals surface area contributed by atoms with Gasteiger partial charge in [-0.1, -0.05) is 49.4 Å². The van der Waals surface area contributed by atoms with E-state index < -0.39 is 0 Å². The number of amides is 1. The van der Waals surface area contributed by atoms with Crippen LogP contribution in [0.1, 0.15) is 36.0 Å². The Balaban J connectivity index is 1.72. The van der Waals surface area contributed by atoms with Gasteiger partial charge in [-0.05, 0) is 42.5 Å². The fourth-order valence-electron chi connectivity index (χ4n) is 2.37. The maximum atomic E-state index is 11.9. The summed E-state index contributed by atoms with van der Waals surface area (Å²) in [6.07, 6.45) is 0.370. The van der Waals surface area contributed by atoms with Gasteiger partial charge >= 0.3 is 0 Å². The summed E-state index contributed by atoms with van der Waals surface area (Å²) in [6.45, 7) is 7.20. The van der Waals surface area contributed by atoms with Gasteiger partial charge in [0.05, 0.1) is 13.0 Å². The minimum Gasteiger partial charge on any atom is -0.493 e. The predicted molar refractivity (Wildman–Crippen MR) is 93.9 cm³/mol. The summed E-state index contributed by atoms with van der Waals surface area (Å²) in [6, 6.07) is 16.3. The Labute approximate surface area is 138 Å². The minimum atomic E-state index is 0.0260. The van der Waals surface area contributed by atoms with Crippen molar-refractivity contribution in [3.05, 3.63) is 65.2 Å². The third-order valence-electron chi connectivity index (χ3n) is 3.90. The molecule has 0 saturated carbocycles. The van der Waals surface area contributed by atoms with Crippen LogP contribution < -0.4 is 10.1 Å². The van der Waals surface area contributed by atoms with E-state index in [0.717, 1.165) is 16.9 Å². The maximum Gasteiger partial charge on any atom is 0.223 e. The van der Waals surface area contributed by atoms with Crippen molar-refractivity contribution in [1.82, 2.24) is 5.32 Å². The second-order valence-electron chi connectivity index (χ2n) is 5.98. The number of ether oxygens (including phenoxy) is 1. The second kappa shape index (κ2) is 8.37. The molecule has 0 aliphatic rings. The predicted octanol–water partition coefficient (Wildman–Crippen LogP) is 3.99. The molecule has 0 fully saturated rings. The first-order chi connectivity index (χ1) is 11.1. The van der Waals surface area contributed by atoms with Crippen molar-refractivity contribution in [3.8, 4) is 5.75 Å². The zero-order chi connectivity index (χ0) is 16.7. The molecule has 2 rings (SSSR count). The Morgan fingerprint density at radius 3 is 2.61 bits per heavy atom. The van der Waals surface area contributed by atoms with Crippen LogP contribution in [0.15, 0.2) is 48.5 Å². The van der Waals surface area contributed by atoms with Crippen LogP contribution in [-0.4, -0.2) is 19.1 Å². The summed E-state index contributed by atoms with van der Waals surface area (Å²) in [4.78, 5) is 11.9. The van der Waals surface area contributed by atoms with Crippen molar-refractivity contribution >= 4 is 5.91 Å². The van der Waals surface area contributed by atoms with Crippen LogP contribution in [0.2, 0.25) is 0 Å². The lowest BCUT2D eigenvalue weighted by atomic mass is 10.0. The molecule has 1 atom stereocenters. The molecule has 1 N–H and O–H groups in total. The molecular weight excluding hydrogens is 286 g/mol. The monoisotopic (exact) mass is 311 g/mol. The molecule has 2 aromatic carbocycles. The molecule has 2 aromatic rings. The van der Waals surface area contributed by atoms with Gasteiger partial charge in [-0.25, -0.2) is 0 Å². The Bertz CT molecular complexity index is 637. The number of aryl methyl sites for hydroxylation is 2. The Morgan fingerprint density at radius 1 is 1.13 bits per heavy atom. The summed E-state index contributed by atoms with van der Waals surface area (Å²) >= 11 is 0. The van der Waals surface area contributed by atoms with Crippen LogP contribution in [0.5, 0.6) is 5.75 Å². The smallest absolute Gasteiger partial charge is 0.223 e. The van der Waals surface area contributed by atoms with Crippen LogP contribution in [0, 0.1) is 13.8 Å². The van der Waals surface area contributed by atoms with Crippen LogP contribution in [-0.2, 0) is 4.79 Å². The first-order valence-corrected chi connectivity index (χ1v) is 8.08. The zero-order valence-electron chi connectivity index (χ0n) is 14.1. The Kier molecular flexibility index (Phi) is 6.21. The van der Waals surface area contributed by atoms with Gasteiger partial charge in [0.15, 0.2) is 0 Å². The molecule has 23 heavy (non-hydrogen) atoms. The first-order valence-electron chi connectivity index (χ1n) is 8.08. The molecule has 0 heterocycles. The summed E-state index contributed by atoms with van der Waals surface area (Å²) in [5.74, 6) is 1.19. The first kappa shape index (κ1) is 17.1. The van der Waals surface area contributed by atoms with E-state index in [1.54, 1.807) is 0 Å². The summed E-state index contributed by atoms with van der Waals surface area (Å²) < 4.78 is 5.72. The van der Waals surface area contributed by atoms with Gasteiger partial charge in [-0.2, -0.15) is 0 Å². The standard InChI is InChI=1S/C20H25NO2/c1-15-9-10-16(2)19(13-15)23-12-11-20(22)21-14-17(3)18-7-5-4-6-8-18/h4-10,13,17H,11-12,14H2,1-3H3,(H,21,22)/t17-/m1/s1. The Morgan fingerprint density at radius 2 is 1.87 bits per heavy atom. The number of nitrogens with one attached hydrogen (secondary N) is 1. The summed E-state index contributed by atoms with van der Waals surface area (Å²) in [7, 11) is 0. The highest BCUT2D eigenvalue weighted by molar-refractivity contribution is 5.76. The van der Waals surface area contributed by atoms with Crippen molar-refractivity contribution in [3.63, 3.8) is 0 Å². The van der Waals surface area contributed by atoms with E-state index in [1.165, 1.54) is 5.56 Å². The Hall–Kier alpha value is -2.29. The number of hydrogen-bond donors (Lipinski definition) is 1. The molecule has 0 spiro atoms. The minimum absolute atomic E-state index is 0.0260. The van der Waals surface area contributed by atoms with Gasteiger partial charge in [0.25, 0.3) is 0 Å². The van der Waals surface area contributed by atoms with E-state index in [2.05, 4.69) is 30.4 Å². The molecule has 1 amide bonds. The lowest BCUT2D eigenvalue weighted by Gasteiger charge is -2.14. The van der Waals surface area contributed by atoms with Gasteiger partial charge in [0, 0.05) is 6.54 Å². The largest absolute Gasteiger partial charge is 0.493 e. The van der Waals surface area contributed by atoms with Crippen molar-refractivity contribution in [2.45, 2.75) is 33.1 Å². The molecular formula is C20H25NO2. The topological polar surface area (TPSA) is 38.3 Å². The highest BCUT2D eigenvalue weighted by Crippen LogP contribution is 2.19. The molecule has 0 radical (unpaired) electrons. The SMILES string of the molecule is Cc1ccc(C)c(OCCC(=O)NC[C@@H](C)c2ccccc2)c1. The van der Waals surface area contributed by atoms with Crippen LogP contribution in [0.3, 0.4) is 0 Å². The number of rotatable bonds is 7. The molecule has 0 unspecified atom stereocenters. The van der Waals surface area contributed by atoms with E-state index in [-0.39, 0.29) is 5.91 Å². The highest BCUT2D eigenvalue weighted by Gasteiger charge is 2.08. The normalized spacial score (nSPS) is 11.8. The van der Waals surface area contributed by atoms with Crippen molar-refractivity contribution in [2.24, 2.45) is 0 Å². The van der Waals surface area contributed by atoms with Crippen LogP contribution >= 0.6 is 0 Å². The molecule has 3 nitrogen and oxygen atoms in total. The number of hydrogen-bond acceptors (Lipinski definition) is 2. The quantitative estimate of drug-likeness (QED) is 0.839. The van der Waals surface area contributed by atoms with Crippen LogP contribution in [0.4, 0.5) is 0 Å². The number of carbonyl (C=O) groups is 1. The number of carbonyl (C=O) groups excluding carboxylic acids is 1. The highest BCUT2D eigenvalue weighted by atomic mass is 16.5. The maximum absolute atomic E-state index is 11.9. The van der Waals surface area contributed by atoms with E-state index in [4.69, 9.17) is 4.74 Å². The average Bonchev–Trinajstić information content (AvgIpc) is 2.56. The third kappa shape index (κ3) is 5.44. The number of benzene rings is 2. The van der Waals surface area contributed by atoms with E-state index >= 15 is 0 Å². The van der Waals surface area contributed by atoms with Gasteiger partial charge in [0.1, 0.15) is 5.75 Å². The summed E-state index contributed by atoms with van der Waals surface area (Å²) in [5.41, 5.74) is 3.49. The van der Waals surface area contributed by atoms with Crippen molar-refractivity contribution in [2.75, 3.05) is 13.2 Å². The van der Waals surface area contributed by atoms with Crippen LogP contribution in [0.25, 0.3) is 0 Å². The average molecular weight is 311 g/mol. The van der Waals surface area contributed by atoms with E-state index in [9.17, 15) is 4.79 Å². The molecule has 0 aromatic heterocycles. The lowest BCUT2D eigenvalue weighted by molar-refractivity contribution is -0.121. The van der Waals surface area contributed by atoms with E-state index in [1.807, 2.05) is 44.2 Å². The van der Waals surface area contributed by atoms with Gasteiger partial charge < -0.3 is 10.1 Å². The van der Waals surface area contributed by atoms with E-state index in [0.29, 0.717) is 25.5 Å². The molecule has 122 valence electrons.